The van der Waals surface area contributed by atoms with Crippen molar-refractivity contribution in [2.75, 3.05) is 0 Å². The summed E-state index contributed by atoms with van der Waals surface area (Å²) in [6.07, 6.45) is 2.09. The van der Waals surface area contributed by atoms with E-state index in [0.717, 1.165) is 12.8 Å². The van der Waals surface area contributed by atoms with E-state index in [0.29, 0.717) is 0 Å². The molecule has 0 aromatic heterocycles. The summed E-state index contributed by atoms with van der Waals surface area (Å²) in [7, 11) is 0. The van der Waals surface area contributed by atoms with Gasteiger partial charge in [0.1, 0.15) is 0 Å². The van der Waals surface area contributed by atoms with E-state index in [2.05, 4.69) is 62.4 Å². The van der Waals surface area contributed by atoms with Gasteiger partial charge in [-0.25, -0.2) is 0 Å². The molecule has 2 N–H and O–H groups in total. The summed E-state index contributed by atoms with van der Waals surface area (Å²) in [6.45, 7) is 4.17. The molecule has 0 spiro atoms. The summed E-state index contributed by atoms with van der Waals surface area (Å²) in [4.78, 5) is 0. The fourth-order valence-electron chi connectivity index (χ4n) is 2.05. The molecule has 18 heavy (non-hydrogen) atoms. The van der Waals surface area contributed by atoms with Crippen LogP contribution in [0.1, 0.15) is 24.5 Å². The Morgan fingerprint density at radius 2 is 1.72 bits per heavy atom. The summed E-state index contributed by atoms with van der Waals surface area (Å²) in [5, 5.41) is 0. The Labute approximate surface area is 110 Å². The molecule has 0 amide bonds. The van der Waals surface area contributed by atoms with E-state index in [-0.39, 0.29) is 6.04 Å². The minimum atomic E-state index is 0.271. The van der Waals surface area contributed by atoms with Gasteiger partial charge in [-0.2, -0.15) is 0 Å². The minimum Gasteiger partial charge on any atom is -0.328 e. The second-order valence-electron chi connectivity index (χ2n) is 5.08. The molecule has 1 unspecified atom stereocenters. The van der Waals surface area contributed by atoms with Gasteiger partial charge in [0, 0.05) is 6.04 Å². The van der Waals surface area contributed by atoms with Gasteiger partial charge in [-0.3, -0.25) is 0 Å². The quantitative estimate of drug-likeness (QED) is 0.859. The molecule has 0 bridgehead atoms. The maximum atomic E-state index is 5.81. The molecule has 0 saturated heterocycles. The molecule has 0 heterocycles. The van der Waals surface area contributed by atoms with Gasteiger partial charge < -0.3 is 5.73 Å². The van der Waals surface area contributed by atoms with Crippen LogP contribution in [0.4, 0.5) is 0 Å². The highest BCUT2D eigenvalue weighted by molar-refractivity contribution is 5.64. The van der Waals surface area contributed by atoms with Crippen molar-refractivity contribution in [2.24, 2.45) is 5.73 Å². The van der Waals surface area contributed by atoms with Crippen molar-refractivity contribution in [1.82, 2.24) is 0 Å². The topological polar surface area (TPSA) is 26.0 Å². The van der Waals surface area contributed by atoms with E-state index in [1.54, 1.807) is 0 Å². The SMILES string of the molecule is Cc1ccc(-c2cccc(CCC(C)N)c2)cc1. The van der Waals surface area contributed by atoms with Crippen LogP contribution in [-0.2, 0) is 6.42 Å². The van der Waals surface area contributed by atoms with Crippen LogP contribution < -0.4 is 5.73 Å². The van der Waals surface area contributed by atoms with Crippen LogP contribution in [-0.4, -0.2) is 6.04 Å². The maximum absolute atomic E-state index is 5.81. The van der Waals surface area contributed by atoms with E-state index in [1.807, 2.05) is 0 Å². The summed E-state index contributed by atoms with van der Waals surface area (Å²) in [6, 6.07) is 17.7. The molecule has 1 nitrogen and oxygen atoms in total. The predicted octanol–water partition coefficient (Wildman–Crippen LogP) is 3.94. The van der Waals surface area contributed by atoms with Crippen LogP contribution in [0.2, 0.25) is 0 Å². The molecule has 0 aliphatic carbocycles. The van der Waals surface area contributed by atoms with Gasteiger partial charge in [0.2, 0.25) is 0 Å². The Balaban J connectivity index is 2.18. The van der Waals surface area contributed by atoms with E-state index in [9.17, 15) is 0 Å². The van der Waals surface area contributed by atoms with E-state index >= 15 is 0 Å². The molecule has 0 aliphatic heterocycles. The van der Waals surface area contributed by atoms with Crippen molar-refractivity contribution in [1.29, 1.82) is 0 Å². The Kier molecular flexibility index (Phi) is 4.16. The number of hydrogen-bond acceptors (Lipinski definition) is 1. The minimum absolute atomic E-state index is 0.271. The number of aryl methyl sites for hydroxylation is 2. The predicted molar refractivity (Wildman–Crippen MR) is 78.6 cm³/mol. The molecule has 0 aliphatic rings. The highest BCUT2D eigenvalue weighted by Crippen LogP contribution is 2.21. The van der Waals surface area contributed by atoms with Crippen molar-refractivity contribution in [3.63, 3.8) is 0 Å². The lowest BCUT2D eigenvalue weighted by Crippen LogP contribution is -2.15. The first kappa shape index (κ1) is 12.8. The third-order valence-corrected chi connectivity index (χ3v) is 3.20. The molecule has 1 heteroatoms. The number of nitrogens with two attached hydrogens (primary N) is 1. The number of rotatable bonds is 4. The average molecular weight is 239 g/mol. The van der Waals surface area contributed by atoms with Gasteiger partial charge >= 0.3 is 0 Å². The molecular formula is C17H21N. The highest BCUT2D eigenvalue weighted by Gasteiger charge is 2.01. The molecule has 2 aromatic rings. The zero-order chi connectivity index (χ0) is 13.0. The van der Waals surface area contributed by atoms with Crippen molar-refractivity contribution in [2.45, 2.75) is 32.7 Å². The fourth-order valence-corrected chi connectivity index (χ4v) is 2.05. The van der Waals surface area contributed by atoms with E-state index < -0.39 is 0 Å². The maximum Gasteiger partial charge on any atom is 0.00136 e. The van der Waals surface area contributed by atoms with Gasteiger partial charge in [0.25, 0.3) is 0 Å². The van der Waals surface area contributed by atoms with Gasteiger partial charge in [0.15, 0.2) is 0 Å². The third-order valence-electron chi connectivity index (χ3n) is 3.20. The number of hydrogen-bond donors (Lipinski definition) is 1. The molecule has 0 fully saturated rings. The van der Waals surface area contributed by atoms with E-state index in [4.69, 9.17) is 5.73 Å². The Bertz CT molecular complexity index is 497. The zero-order valence-corrected chi connectivity index (χ0v) is 11.2. The van der Waals surface area contributed by atoms with Crippen LogP contribution in [0.15, 0.2) is 48.5 Å². The molecule has 2 rings (SSSR count). The fraction of sp³-hybridized carbons (Fsp3) is 0.294. The summed E-state index contributed by atoms with van der Waals surface area (Å²) in [5.41, 5.74) is 11.0. The lowest BCUT2D eigenvalue weighted by molar-refractivity contribution is 0.666. The summed E-state index contributed by atoms with van der Waals surface area (Å²) < 4.78 is 0. The average Bonchev–Trinajstić information content (AvgIpc) is 2.37. The lowest BCUT2D eigenvalue weighted by Gasteiger charge is -2.08. The Morgan fingerprint density at radius 1 is 1.00 bits per heavy atom. The van der Waals surface area contributed by atoms with E-state index in [1.165, 1.54) is 22.3 Å². The van der Waals surface area contributed by atoms with Gasteiger partial charge in [-0.05, 0) is 43.4 Å². The van der Waals surface area contributed by atoms with Crippen LogP contribution in [0.3, 0.4) is 0 Å². The van der Waals surface area contributed by atoms with Gasteiger partial charge in [-0.1, -0.05) is 54.1 Å². The van der Waals surface area contributed by atoms with Crippen LogP contribution in [0.25, 0.3) is 11.1 Å². The van der Waals surface area contributed by atoms with Crippen molar-refractivity contribution in [3.8, 4) is 11.1 Å². The third kappa shape index (κ3) is 3.44. The summed E-state index contributed by atoms with van der Waals surface area (Å²) >= 11 is 0. The standard InChI is InChI=1S/C17H21N/c1-13-6-10-16(11-7-13)17-5-3-4-15(12-17)9-8-14(2)18/h3-7,10-12,14H,8-9,18H2,1-2H3. The molecule has 94 valence electrons. The first-order valence-corrected chi connectivity index (χ1v) is 6.57. The second-order valence-corrected chi connectivity index (χ2v) is 5.08. The van der Waals surface area contributed by atoms with Crippen LogP contribution in [0, 0.1) is 6.92 Å². The largest absolute Gasteiger partial charge is 0.328 e. The molecule has 2 aromatic carbocycles. The first-order chi connectivity index (χ1) is 8.65. The molecule has 0 saturated carbocycles. The van der Waals surface area contributed by atoms with Gasteiger partial charge in [-0.15, -0.1) is 0 Å². The summed E-state index contributed by atoms with van der Waals surface area (Å²) in [5.74, 6) is 0. The highest BCUT2D eigenvalue weighted by atomic mass is 14.6. The second kappa shape index (κ2) is 5.83. The zero-order valence-electron chi connectivity index (χ0n) is 11.2. The van der Waals surface area contributed by atoms with Crippen molar-refractivity contribution in [3.05, 3.63) is 59.7 Å². The Morgan fingerprint density at radius 3 is 2.39 bits per heavy atom. The normalized spacial score (nSPS) is 12.4. The first-order valence-electron chi connectivity index (χ1n) is 6.57. The monoisotopic (exact) mass is 239 g/mol. The smallest absolute Gasteiger partial charge is 0.00136 e. The van der Waals surface area contributed by atoms with Crippen molar-refractivity contribution < 1.29 is 0 Å². The van der Waals surface area contributed by atoms with Crippen LogP contribution >= 0.6 is 0 Å². The lowest BCUT2D eigenvalue weighted by atomic mass is 9.99. The Hall–Kier alpha value is -1.60. The molecule has 1 atom stereocenters. The molecular weight excluding hydrogens is 218 g/mol. The van der Waals surface area contributed by atoms with Crippen molar-refractivity contribution >= 4 is 0 Å². The van der Waals surface area contributed by atoms with Crippen LogP contribution in [0.5, 0.6) is 0 Å². The molecule has 0 radical (unpaired) electrons. The van der Waals surface area contributed by atoms with Gasteiger partial charge in [0.05, 0.1) is 0 Å². The number of benzene rings is 2.